The summed E-state index contributed by atoms with van der Waals surface area (Å²) in [5.41, 5.74) is 2.81. The molecule has 0 fully saturated rings. The molecule has 0 atom stereocenters. The van der Waals surface area contributed by atoms with Gasteiger partial charge in [0.15, 0.2) is 0 Å². The Morgan fingerprint density at radius 3 is 2.40 bits per heavy atom. The van der Waals surface area contributed by atoms with Gasteiger partial charge in [-0.2, -0.15) is 5.26 Å². The van der Waals surface area contributed by atoms with E-state index in [1.807, 2.05) is 32.0 Å². The number of rotatable bonds is 3. The van der Waals surface area contributed by atoms with E-state index in [1.54, 1.807) is 20.3 Å². The number of nitriles is 1. The number of anilines is 1. The topological polar surface area (TPSA) is 58.4 Å². The number of methoxy groups -OCH3 is 2. The number of hydrogen-bond donors (Lipinski definition) is 0. The summed E-state index contributed by atoms with van der Waals surface area (Å²) in [7, 11) is 7.00. The summed E-state index contributed by atoms with van der Waals surface area (Å²) in [6, 6.07) is 5.89. The van der Waals surface area contributed by atoms with E-state index in [0.717, 1.165) is 16.6 Å². The second-order valence-electron chi connectivity index (χ2n) is 4.65. The lowest BCUT2D eigenvalue weighted by Gasteiger charge is -2.19. The van der Waals surface area contributed by atoms with Gasteiger partial charge in [0.2, 0.25) is 0 Å². The van der Waals surface area contributed by atoms with E-state index < -0.39 is 0 Å². The van der Waals surface area contributed by atoms with Gasteiger partial charge in [-0.1, -0.05) is 0 Å². The van der Waals surface area contributed by atoms with Gasteiger partial charge in [0, 0.05) is 25.5 Å². The molecular formula is C15H17N3O2. The van der Waals surface area contributed by atoms with E-state index in [-0.39, 0.29) is 0 Å². The molecule has 104 valence electrons. The number of nitrogens with zero attached hydrogens (tertiary/aromatic N) is 3. The molecule has 2 rings (SSSR count). The van der Waals surface area contributed by atoms with Crippen molar-refractivity contribution >= 4 is 16.6 Å². The maximum atomic E-state index is 9.38. The Bertz CT molecular complexity index is 703. The molecule has 0 aliphatic carbocycles. The SMILES string of the molecule is COc1cc(OC)c2nc(C)c(C#N)c(N(C)C)c2c1. The Morgan fingerprint density at radius 1 is 1.20 bits per heavy atom. The van der Waals surface area contributed by atoms with Crippen LogP contribution < -0.4 is 14.4 Å². The highest BCUT2D eigenvalue weighted by Crippen LogP contribution is 2.37. The molecule has 5 heteroatoms. The zero-order valence-corrected chi connectivity index (χ0v) is 12.3. The Balaban J connectivity index is 2.99. The van der Waals surface area contributed by atoms with Crippen LogP contribution in [0.4, 0.5) is 5.69 Å². The minimum Gasteiger partial charge on any atom is -0.497 e. The third-order valence-electron chi connectivity index (χ3n) is 3.20. The van der Waals surface area contributed by atoms with Crippen LogP contribution in [0.2, 0.25) is 0 Å². The normalized spacial score (nSPS) is 10.2. The second kappa shape index (κ2) is 5.25. The molecule has 0 aliphatic heterocycles. The first-order valence-corrected chi connectivity index (χ1v) is 6.17. The minimum absolute atomic E-state index is 0.567. The third-order valence-corrected chi connectivity index (χ3v) is 3.20. The van der Waals surface area contributed by atoms with Crippen molar-refractivity contribution in [2.45, 2.75) is 6.92 Å². The maximum Gasteiger partial charge on any atom is 0.148 e. The number of aromatic nitrogens is 1. The highest BCUT2D eigenvalue weighted by molar-refractivity contribution is 5.99. The monoisotopic (exact) mass is 271 g/mol. The standard InChI is InChI=1S/C15H17N3O2/c1-9-12(8-16)15(18(2)3)11-6-10(19-4)7-13(20-5)14(11)17-9/h6-7H,1-5H3. The van der Waals surface area contributed by atoms with Crippen LogP contribution in [0, 0.1) is 18.3 Å². The quantitative estimate of drug-likeness (QED) is 0.858. The fourth-order valence-electron chi connectivity index (χ4n) is 2.28. The van der Waals surface area contributed by atoms with E-state index >= 15 is 0 Å². The molecule has 2 aromatic rings. The van der Waals surface area contributed by atoms with Crippen LogP contribution in [0.3, 0.4) is 0 Å². The molecule has 0 radical (unpaired) electrons. The highest BCUT2D eigenvalue weighted by Gasteiger charge is 2.18. The summed E-state index contributed by atoms with van der Waals surface area (Å²) in [4.78, 5) is 6.42. The van der Waals surface area contributed by atoms with Crippen LogP contribution in [-0.2, 0) is 0 Å². The van der Waals surface area contributed by atoms with Crippen molar-refractivity contribution < 1.29 is 9.47 Å². The van der Waals surface area contributed by atoms with Crippen LogP contribution >= 0.6 is 0 Å². The van der Waals surface area contributed by atoms with Gasteiger partial charge in [0.1, 0.15) is 23.1 Å². The minimum atomic E-state index is 0.567. The Labute approximate surface area is 118 Å². The number of pyridine rings is 1. The molecule has 5 nitrogen and oxygen atoms in total. The zero-order valence-electron chi connectivity index (χ0n) is 12.3. The molecule has 1 heterocycles. The van der Waals surface area contributed by atoms with Crippen molar-refractivity contribution in [3.05, 3.63) is 23.4 Å². The first-order valence-electron chi connectivity index (χ1n) is 6.17. The van der Waals surface area contributed by atoms with Gasteiger partial charge in [-0.05, 0) is 13.0 Å². The molecule has 0 spiro atoms. The molecule has 1 aromatic carbocycles. The van der Waals surface area contributed by atoms with E-state index in [2.05, 4.69) is 11.1 Å². The molecule has 20 heavy (non-hydrogen) atoms. The van der Waals surface area contributed by atoms with Gasteiger partial charge in [0.05, 0.1) is 31.2 Å². The van der Waals surface area contributed by atoms with Gasteiger partial charge in [0.25, 0.3) is 0 Å². The molecule has 0 amide bonds. The number of ether oxygens (including phenoxy) is 2. The van der Waals surface area contributed by atoms with Gasteiger partial charge in [-0.3, -0.25) is 0 Å². The first kappa shape index (κ1) is 13.9. The van der Waals surface area contributed by atoms with Crippen molar-refractivity contribution in [1.82, 2.24) is 4.98 Å². The van der Waals surface area contributed by atoms with E-state index in [9.17, 15) is 5.26 Å². The van der Waals surface area contributed by atoms with Gasteiger partial charge in [-0.25, -0.2) is 4.98 Å². The van der Waals surface area contributed by atoms with Crippen molar-refractivity contribution in [2.75, 3.05) is 33.2 Å². The lowest BCUT2D eigenvalue weighted by Crippen LogP contribution is -2.13. The molecule has 0 saturated carbocycles. The Kier molecular flexibility index (Phi) is 3.66. The fourth-order valence-corrected chi connectivity index (χ4v) is 2.28. The van der Waals surface area contributed by atoms with Gasteiger partial charge in [-0.15, -0.1) is 0 Å². The van der Waals surface area contributed by atoms with Gasteiger partial charge < -0.3 is 14.4 Å². The molecule has 0 unspecified atom stereocenters. The van der Waals surface area contributed by atoms with E-state index in [1.165, 1.54) is 0 Å². The molecular weight excluding hydrogens is 254 g/mol. The Morgan fingerprint density at radius 2 is 1.90 bits per heavy atom. The summed E-state index contributed by atoms with van der Waals surface area (Å²) in [5, 5.41) is 10.2. The Hall–Kier alpha value is -2.48. The maximum absolute atomic E-state index is 9.38. The largest absolute Gasteiger partial charge is 0.497 e. The zero-order chi connectivity index (χ0) is 14.9. The predicted octanol–water partition coefficient (Wildman–Crippen LogP) is 2.50. The highest BCUT2D eigenvalue weighted by atomic mass is 16.5. The van der Waals surface area contributed by atoms with Crippen LogP contribution in [-0.4, -0.2) is 33.3 Å². The number of aryl methyl sites for hydroxylation is 1. The van der Waals surface area contributed by atoms with Crippen LogP contribution in [0.25, 0.3) is 10.9 Å². The molecule has 0 bridgehead atoms. The third kappa shape index (κ3) is 2.10. The number of fused-ring (bicyclic) bond motifs is 1. The summed E-state index contributed by atoms with van der Waals surface area (Å²) < 4.78 is 10.7. The lowest BCUT2D eigenvalue weighted by molar-refractivity contribution is 0.397. The molecule has 0 N–H and O–H groups in total. The molecule has 0 saturated heterocycles. The fraction of sp³-hybridized carbons (Fsp3) is 0.333. The van der Waals surface area contributed by atoms with Crippen molar-refractivity contribution in [1.29, 1.82) is 5.26 Å². The van der Waals surface area contributed by atoms with Crippen molar-refractivity contribution in [3.8, 4) is 17.6 Å². The second-order valence-corrected chi connectivity index (χ2v) is 4.65. The molecule has 1 aromatic heterocycles. The summed E-state index contributed by atoms with van der Waals surface area (Å²) in [5.74, 6) is 1.31. The summed E-state index contributed by atoms with van der Waals surface area (Å²) in [6.45, 7) is 1.83. The summed E-state index contributed by atoms with van der Waals surface area (Å²) >= 11 is 0. The number of hydrogen-bond acceptors (Lipinski definition) is 5. The van der Waals surface area contributed by atoms with E-state index in [0.29, 0.717) is 22.8 Å². The number of benzene rings is 1. The van der Waals surface area contributed by atoms with Crippen molar-refractivity contribution in [2.24, 2.45) is 0 Å². The van der Waals surface area contributed by atoms with Crippen LogP contribution in [0.5, 0.6) is 11.5 Å². The van der Waals surface area contributed by atoms with E-state index in [4.69, 9.17) is 9.47 Å². The van der Waals surface area contributed by atoms with Gasteiger partial charge >= 0.3 is 0 Å². The smallest absolute Gasteiger partial charge is 0.148 e. The lowest BCUT2D eigenvalue weighted by atomic mass is 10.1. The average molecular weight is 271 g/mol. The average Bonchev–Trinajstić information content (AvgIpc) is 2.44. The van der Waals surface area contributed by atoms with Crippen molar-refractivity contribution in [3.63, 3.8) is 0 Å². The summed E-state index contributed by atoms with van der Waals surface area (Å²) in [6.07, 6.45) is 0. The molecule has 0 aliphatic rings. The first-order chi connectivity index (χ1) is 9.53. The van der Waals surface area contributed by atoms with Crippen LogP contribution in [0.1, 0.15) is 11.3 Å². The predicted molar refractivity (Wildman–Crippen MR) is 78.6 cm³/mol. The van der Waals surface area contributed by atoms with Crippen LogP contribution in [0.15, 0.2) is 12.1 Å².